The SMILES string of the molecule is CN(C)c1ccc(-c2c([Si])cccc2CCl)cc1. The number of rotatable bonds is 3. The fraction of sp³-hybridized carbons (Fsp3) is 0.200. The second kappa shape index (κ2) is 5.59. The summed E-state index contributed by atoms with van der Waals surface area (Å²) in [7, 11) is 7.74. The maximum Gasteiger partial charge on any atom is 0.0720 e. The zero-order valence-electron chi connectivity index (χ0n) is 10.6. The summed E-state index contributed by atoms with van der Waals surface area (Å²) in [6.45, 7) is 0. The van der Waals surface area contributed by atoms with Crippen LogP contribution in [0.15, 0.2) is 42.5 Å². The topological polar surface area (TPSA) is 3.24 Å². The van der Waals surface area contributed by atoms with Crippen molar-refractivity contribution >= 4 is 32.7 Å². The van der Waals surface area contributed by atoms with Crippen molar-refractivity contribution in [2.75, 3.05) is 19.0 Å². The van der Waals surface area contributed by atoms with Crippen molar-refractivity contribution in [1.82, 2.24) is 0 Å². The molecule has 3 heteroatoms. The van der Waals surface area contributed by atoms with E-state index in [9.17, 15) is 0 Å². The lowest BCUT2D eigenvalue weighted by Gasteiger charge is -2.15. The Balaban J connectivity index is 2.48. The highest BCUT2D eigenvalue weighted by atomic mass is 35.5. The van der Waals surface area contributed by atoms with Crippen LogP contribution in [0.2, 0.25) is 0 Å². The van der Waals surface area contributed by atoms with Gasteiger partial charge < -0.3 is 4.90 Å². The van der Waals surface area contributed by atoms with Crippen LogP contribution in [0.5, 0.6) is 0 Å². The van der Waals surface area contributed by atoms with Gasteiger partial charge in [0.2, 0.25) is 0 Å². The van der Waals surface area contributed by atoms with Gasteiger partial charge in [0.25, 0.3) is 0 Å². The Kier molecular flexibility index (Phi) is 4.10. The Labute approximate surface area is 117 Å². The van der Waals surface area contributed by atoms with Crippen LogP contribution in [0.4, 0.5) is 5.69 Å². The van der Waals surface area contributed by atoms with E-state index < -0.39 is 0 Å². The zero-order chi connectivity index (χ0) is 13.1. The van der Waals surface area contributed by atoms with Crippen LogP contribution in [0.25, 0.3) is 11.1 Å². The Morgan fingerprint density at radius 1 is 1.06 bits per heavy atom. The molecule has 0 atom stereocenters. The van der Waals surface area contributed by atoms with E-state index in [0.29, 0.717) is 5.88 Å². The second-order valence-electron chi connectivity index (χ2n) is 4.41. The molecule has 0 N–H and O–H groups in total. The molecule has 0 unspecified atom stereocenters. The molecular formula is C15H15ClNSi. The highest BCUT2D eigenvalue weighted by Gasteiger charge is 2.07. The van der Waals surface area contributed by atoms with E-state index in [1.807, 2.05) is 26.2 Å². The molecular weight excluding hydrogens is 258 g/mol. The van der Waals surface area contributed by atoms with Gasteiger partial charge in [-0.1, -0.05) is 35.5 Å². The number of nitrogens with zero attached hydrogens (tertiary/aromatic N) is 1. The molecule has 2 rings (SSSR count). The Morgan fingerprint density at radius 3 is 2.28 bits per heavy atom. The van der Waals surface area contributed by atoms with Crippen LogP contribution >= 0.6 is 11.6 Å². The first-order valence-electron chi connectivity index (χ1n) is 5.80. The number of benzene rings is 2. The summed E-state index contributed by atoms with van der Waals surface area (Å²) >= 11 is 6.01. The van der Waals surface area contributed by atoms with Gasteiger partial charge in [-0.25, -0.2) is 0 Å². The molecule has 0 bridgehead atoms. The summed E-state index contributed by atoms with van der Waals surface area (Å²) in [5.41, 5.74) is 4.69. The minimum absolute atomic E-state index is 0.517. The third kappa shape index (κ3) is 2.60. The molecule has 1 nitrogen and oxygen atoms in total. The number of hydrogen-bond donors (Lipinski definition) is 0. The summed E-state index contributed by atoms with van der Waals surface area (Å²) in [5, 5.41) is 1.07. The van der Waals surface area contributed by atoms with E-state index in [2.05, 4.69) is 45.5 Å². The van der Waals surface area contributed by atoms with Crippen LogP contribution in [0, 0.1) is 0 Å². The van der Waals surface area contributed by atoms with Crippen molar-refractivity contribution in [3.8, 4) is 11.1 Å². The lowest BCUT2D eigenvalue weighted by atomic mass is 10.00. The first-order valence-corrected chi connectivity index (χ1v) is 6.84. The molecule has 0 aliphatic carbocycles. The van der Waals surface area contributed by atoms with E-state index in [-0.39, 0.29) is 0 Å². The number of alkyl halides is 1. The van der Waals surface area contributed by atoms with Gasteiger partial charge >= 0.3 is 0 Å². The first-order chi connectivity index (χ1) is 8.63. The van der Waals surface area contributed by atoms with Gasteiger partial charge in [0.15, 0.2) is 0 Å². The normalized spacial score (nSPS) is 10.4. The highest BCUT2D eigenvalue weighted by molar-refractivity contribution is 6.36. The molecule has 0 aliphatic rings. The van der Waals surface area contributed by atoms with Crippen LogP contribution in [-0.2, 0) is 5.88 Å². The maximum absolute atomic E-state index is 6.01. The van der Waals surface area contributed by atoms with Gasteiger partial charge in [-0.05, 0) is 28.8 Å². The molecule has 2 aromatic carbocycles. The largest absolute Gasteiger partial charge is 0.378 e. The van der Waals surface area contributed by atoms with E-state index >= 15 is 0 Å². The molecule has 0 amide bonds. The molecule has 18 heavy (non-hydrogen) atoms. The van der Waals surface area contributed by atoms with Crippen LogP contribution in [-0.4, -0.2) is 24.3 Å². The van der Waals surface area contributed by atoms with E-state index in [1.165, 1.54) is 16.8 Å². The fourth-order valence-corrected chi connectivity index (χ4v) is 2.60. The van der Waals surface area contributed by atoms with Gasteiger partial charge in [0.05, 0.1) is 10.2 Å². The minimum atomic E-state index is 0.517. The van der Waals surface area contributed by atoms with E-state index in [4.69, 9.17) is 11.6 Å². The third-order valence-electron chi connectivity index (χ3n) is 2.97. The molecule has 3 radical (unpaired) electrons. The Bertz CT molecular complexity index is 535. The summed E-state index contributed by atoms with van der Waals surface area (Å²) in [4.78, 5) is 2.09. The predicted octanol–water partition coefficient (Wildman–Crippen LogP) is 2.95. The quantitative estimate of drug-likeness (QED) is 0.613. The monoisotopic (exact) mass is 272 g/mol. The van der Waals surface area contributed by atoms with Crippen molar-refractivity contribution in [1.29, 1.82) is 0 Å². The highest BCUT2D eigenvalue weighted by Crippen LogP contribution is 2.25. The lowest BCUT2D eigenvalue weighted by Crippen LogP contribution is -2.10. The molecule has 0 spiro atoms. The Hall–Kier alpha value is -1.25. The third-order valence-corrected chi connectivity index (χ3v) is 3.67. The fourth-order valence-electron chi connectivity index (χ4n) is 1.98. The summed E-state index contributed by atoms with van der Waals surface area (Å²) < 4.78 is 0. The van der Waals surface area contributed by atoms with Gasteiger partial charge in [-0.3, -0.25) is 0 Å². The Morgan fingerprint density at radius 2 is 1.72 bits per heavy atom. The molecule has 0 saturated carbocycles. The van der Waals surface area contributed by atoms with Gasteiger partial charge in [0, 0.05) is 25.7 Å². The zero-order valence-corrected chi connectivity index (χ0v) is 12.3. The van der Waals surface area contributed by atoms with E-state index in [0.717, 1.165) is 10.8 Å². The predicted molar refractivity (Wildman–Crippen MR) is 81.2 cm³/mol. The van der Waals surface area contributed by atoms with Crippen molar-refractivity contribution < 1.29 is 0 Å². The number of hydrogen-bond acceptors (Lipinski definition) is 1. The number of anilines is 1. The number of halogens is 1. The summed E-state index contributed by atoms with van der Waals surface area (Å²) in [5.74, 6) is 0.517. The van der Waals surface area contributed by atoms with Gasteiger partial charge in [-0.2, -0.15) is 0 Å². The molecule has 0 saturated heterocycles. The van der Waals surface area contributed by atoms with Crippen LogP contribution in [0.3, 0.4) is 0 Å². The smallest absolute Gasteiger partial charge is 0.0720 e. The maximum atomic E-state index is 6.01. The summed E-state index contributed by atoms with van der Waals surface area (Å²) in [6.07, 6.45) is 0. The van der Waals surface area contributed by atoms with E-state index in [1.54, 1.807) is 0 Å². The minimum Gasteiger partial charge on any atom is -0.378 e. The first kappa shape index (κ1) is 13.2. The standard InChI is InChI=1S/C15H15ClNSi/c1-17(2)13-8-6-11(7-9-13)15-12(10-16)4-3-5-14(15)18/h3-9H,10H2,1-2H3. The molecule has 91 valence electrons. The molecule has 0 aromatic heterocycles. The van der Waals surface area contributed by atoms with Crippen molar-refractivity contribution in [2.24, 2.45) is 0 Å². The van der Waals surface area contributed by atoms with Gasteiger partial charge in [0.1, 0.15) is 0 Å². The van der Waals surface area contributed by atoms with Crippen LogP contribution < -0.4 is 10.1 Å². The summed E-state index contributed by atoms with van der Waals surface area (Å²) in [6, 6.07) is 14.6. The van der Waals surface area contributed by atoms with Gasteiger partial charge in [-0.15, -0.1) is 11.6 Å². The average Bonchev–Trinajstić information content (AvgIpc) is 2.38. The van der Waals surface area contributed by atoms with Crippen LogP contribution in [0.1, 0.15) is 5.56 Å². The molecule has 0 aliphatic heterocycles. The van der Waals surface area contributed by atoms with Crippen molar-refractivity contribution in [3.63, 3.8) is 0 Å². The second-order valence-corrected chi connectivity index (χ2v) is 5.22. The average molecular weight is 273 g/mol. The van der Waals surface area contributed by atoms with Crippen molar-refractivity contribution in [3.05, 3.63) is 48.0 Å². The molecule has 0 heterocycles. The molecule has 2 aromatic rings. The molecule has 0 fully saturated rings. The van der Waals surface area contributed by atoms with Crippen molar-refractivity contribution in [2.45, 2.75) is 5.88 Å². The lowest BCUT2D eigenvalue weighted by molar-refractivity contribution is 1.13.